The second-order valence-corrected chi connectivity index (χ2v) is 4.41. The zero-order chi connectivity index (χ0) is 14.0. The maximum absolute atomic E-state index is 11.0. The number of benzene rings is 1. The lowest BCUT2D eigenvalue weighted by Crippen LogP contribution is -2.27. The largest absolute Gasteiger partial charge is 0.478 e. The highest BCUT2D eigenvalue weighted by Gasteiger charge is 2.27. The van der Waals surface area contributed by atoms with E-state index in [1.54, 1.807) is 0 Å². The second kappa shape index (κ2) is 5.23. The zero-order valence-electron chi connectivity index (χ0n) is 10.3. The number of carboxylic acid groups (broad SMARTS) is 1. The molecule has 0 spiro atoms. The predicted octanol–water partition coefficient (Wildman–Crippen LogP) is 1.88. The highest BCUT2D eigenvalue weighted by Crippen LogP contribution is 2.28. The monoisotopic (exact) mass is 266 g/mol. The van der Waals surface area contributed by atoms with Crippen molar-refractivity contribution >= 4 is 17.3 Å². The van der Waals surface area contributed by atoms with Gasteiger partial charge < -0.3 is 15.2 Å². The predicted molar refractivity (Wildman–Crippen MR) is 67.5 cm³/mol. The van der Waals surface area contributed by atoms with Gasteiger partial charge in [-0.2, -0.15) is 0 Å². The number of carbonyl (C=O) groups is 1. The first-order valence-corrected chi connectivity index (χ1v) is 5.89. The second-order valence-electron chi connectivity index (χ2n) is 4.41. The normalized spacial score (nSPS) is 22.2. The van der Waals surface area contributed by atoms with Gasteiger partial charge in [0.15, 0.2) is 0 Å². The molecule has 1 aromatic carbocycles. The highest BCUT2D eigenvalue weighted by atomic mass is 16.6. The number of nitro benzene ring substituents is 1. The Hall–Kier alpha value is -2.15. The summed E-state index contributed by atoms with van der Waals surface area (Å²) in [4.78, 5) is 21.2. The Morgan fingerprint density at radius 2 is 2.32 bits per heavy atom. The van der Waals surface area contributed by atoms with Crippen LogP contribution in [0.1, 0.15) is 23.7 Å². The minimum atomic E-state index is -1.19. The van der Waals surface area contributed by atoms with Gasteiger partial charge in [-0.15, -0.1) is 0 Å². The number of hydrogen-bond donors (Lipinski definition) is 2. The maximum Gasteiger partial charge on any atom is 0.335 e. The number of anilines is 1. The third-order valence-corrected chi connectivity index (χ3v) is 3.16. The number of rotatable bonds is 4. The van der Waals surface area contributed by atoms with E-state index in [2.05, 4.69) is 5.32 Å². The lowest BCUT2D eigenvalue weighted by Gasteiger charge is -2.17. The van der Waals surface area contributed by atoms with E-state index in [4.69, 9.17) is 9.84 Å². The van der Waals surface area contributed by atoms with E-state index in [1.807, 2.05) is 6.92 Å². The molecule has 1 saturated heterocycles. The van der Waals surface area contributed by atoms with Gasteiger partial charge in [0.25, 0.3) is 5.69 Å². The van der Waals surface area contributed by atoms with Gasteiger partial charge in [0.2, 0.25) is 0 Å². The molecular weight excluding hydrogens is 252 g/mol. The molecule has 1 heterocycles. The Bertz CT molecular complexity index is 517. The van der Waals surface area contributed by atoms with Crippen molar-refractivity contribution in [1.82, 2.24) is 0 Å². The molecule has 2 unspecified atom stereocenters. The summed E-state index contributed by atoms with van der Waals surface area (Å²) in [6, 6.07) is 3.82. The summed E-state index contributed by atoms with van der Waals surface area (Å²) >= 11 is 0. The summed E-state index contributed by atoms with van der Waals surface area (Å²) in [5.41, 5.74) is -0.0238. The molecule has 0 aromatic heterocycles. The van der Waals surface area contributed by atoms with E-state index in [9.17, 15) is 14.9 Å². The molecule has 7 nitrogen and oxygen atoms in total. The molecule has 0 amide bonds. The lowest BCUT2D eigenvalue weighted by atomic mass is 10.1. The molecule has 2 rings (SSSR count). The molecule has 1 aliphatic rings. The molecule has 2 N–H and O–H groups in total. The van der Waals surface area contributed by atoms with Gasteiger partial charge in [0.1, 0.15) is 5.69 Å². The molecule has 1 aromatic rings. The SMILES string of the molecule is CC1OCCC1Nc1ccc(C(=O)O)cc1[N+](=O)[O-]. The number of nitrogens with one attached hydrogen (secondary N) is 1. The van der Waals surface area contributed by atoms with Gasteiger partial charge in [-0.25, -0.2) is 4.79 Å². The van der Waals surface area contributed by atoms with Gasteiger partial charge >= 0.3 is 5.97 Å². The van der Waals surface area contributed by atoms with Crippen molar-refractivity contribution in [2.75, 3.05) is 11.9 Å². The van der Waals surface area contributed by atoms with Crippen molar-refractivity contribution in [2.45, 2.75) is 25.5 Å². The fourth-order valence-electron chi connectivity index (χ4n) is 2.06. The van der Waals surface area contributed by atoms with E-state index in [-0.39, 0.29) is 23.4 Å². The average Bonchev–Trinajstić information content (AvgIpc) is 2.75. The van der Waals surface area contributed by atoms with Crippen LogP contribution >= 0.6 is 0 Å². The van der Waals surface area contributed by atoms with Crippen LogP contribution in [0.15, 0.2) is 18.2 Å². The van der Waals surface area contributed by atoms with Crippen molar-refractivity contribution < 1.29 is 19.6 Å². The first kappa shape index (κ1) is 13.3. The fourth-order valence-corrected chi connectivity index (χ4v) is 2.06. The molecule has 1 fully saturated rings. The first-order valence-electron chi connectivity index (χ1n) is 5.89. The quantitative estimate of drug-likeness (QED) is 0.637. The van der Waals surface area contributed by atoms with Gasteiger partial charge in [0, 0.05) is 12.7 Å². The van der Waals surface area contributed by atoms with Crippen LogP contribution in [-0.2, 0) is 4.74 Å². The Morgan fingerprint density at radius 1 is 1.58 bits per heavy atom. The maximum atomic E-state index is 11.0. The minimum Gasteiger partial charge on any atom is -0.478 e. The molecule has 2 atom stereocenters. The van der Waals surface area contributed by atoms with Crippen LogP contribution in [0.2, 0.25) is 0 Å². The topological polar surface area (TPSA) is 102 Å². The highest BCUT2D eigenvalue weighted by molar-refractivity contribution is 5.89. The van der Waals surface area contributed by atoms with Gasteiger partial charge in [-0.05, 0) is 25.5 Å². The van der Waals surface area contributed by atoms with E-state index in [0.29, 0.717) is 12.3 Å². The van der Waals surface area contributed by atoms with Crippen LogP contribution in [0.25, 0.3) is 0 Å². The minimum absolute atomic E-state index is 0.00521. The van der Waals surface area contributed by atoms with Gasteiger partial charge in [-0.3, -0.25) is 10.1 Å². The smallest absolute Gasteiger partial charge is 0.335 e. The van der Waals surface area contributed by atoms with E-state index in [0.717, 1.165) is 12.5 Å². The van der Waals surface area contributed by atoms with E-state index < -0.39 is 10.9 Å². The number of aromatic carboxylic acids is 1. The summed E-state index contributed by atoms with van der Waals surface area (Å²) in [7, 11) is 0. The number of nitro groups is 1. The van der Waals surface area contributed by atoms with Crippen LogP contribution in [0, 0.1) is 10.1 Å². The Balaban J connectivity index is 2.29. The van der Waals surface area contributed by atoms with Gasteiger partial charge in [0.05, 0.1) is 22.6 Å². The summed E-state index contributed by atoms with van der Waals surface area (Å²) < 4.78 is 5.37. The van der Waals surface area contributed by atoms with Crippen molar-refractivity contribution in [3.8, 4) is 0 Å². The van der Waals surface area contributed by atoms with Crippen molar-refractivity contribution in [2.24, 2.45) is 0 Å². The molecule has 19 heavy (non-hydrogen) atoms. The van der Waals surface area contributed by atoms with Gasteiger partial charge in [-0.1, -0.05) is 0 Å². The van der Waals surface area contributed by atoms with Crippen molar-refractivity contribution in [3.05, 3.63) is 33.9 Å². The molecule has 0 aliphatic carbocycles. The number of hydrogen-bond acceptors (Lipinski definition) is 5. The average molecular weight is 266 g/mol. The summed E-state index contributed by atoms with van der Waals surface area (Å²) in [5, 5.41) is 22.9. The fraction of sp³-hybridized carbons (Fsp3) is 0.417. The Labute approximate surface area is 109 Å². The summed E-state index contributed by atoms with van der Waals surface area (Å²) in [5.74, 6) is -1.19. The summed E-state index contributed by atoms with van der Waals surface area (Å²) in [6.07, 6.45) is 0.734. The van der Waals surface area contributed by atoms with Crippen LogP contribution in [0.3, 0.4) is 0 Å². The third-order valence-electron chi connectivity index (χ3n) is 3.16. The molecule has 102 valence electrons. The molecule has 7 heteroatoms. The standard InChI is InChI=1S/C12H14N2O5/c1-7-9(4-5-19-7)13-10-3-2-8(12(15)16)6-11(10)14(17)18/h2-3,6-7,9,13H,4-5H2,1H3,(H,15,16). The lowest BCUT2D eigenvalue weighted by molar-refractivity contribution is -0.384. The van der Waals surface area contributed by atoms with Crippen LogP contribution in [0.4, 0.5) is 11.4 Å². The number of carboxylic acids is 1. The first-order chi connectivity index (χ1) is 8.99. The van der Waals surface area contributed by atoms with Crippen molar-refractivity contribution in [1.29, 1.82) is 0 Å². The molecule has 0 saturated carbocycles. The number of ether oxygens (including phenoxy) is 1. The molecule has 1 aliphatic heterocycles. The van der Waals surface area contributed by atoms with Crippen molar-refractivity contribution in [3.63, 3.8) is 0 Å². The van der Waals surface area contributed by atoms with Crippen LogP contribution < -0.4 is 5.32 Å². The molecular formula is C12H14N2O5. The Kier molecular flexibility index (Phi) is 3.66. The van der Waals surface area contributed by atoms with E-state index in [1.165, 1.54) is 12.1 Å². The van der Waals surface area contributed by atoms with Crippen LogP contribution in [0.5, 0.6) is 0 Å². The van der Waals surface area contributed by atoms with Crippen LogP contribution in [-0.4, -0.2) is 34.8 Å². The summed E-state index contributed by atoms with van der Waals surface area (Å²) in [6.45, 7) is 2.50. The Morgan fingerprint density at radius 3 is 2.84 bits per heavy atom. The zero-order valence-corrected chi connectivity index (χ0v) is 10.3. The van der Waals surface area contributed by atoms with E-state index >= 15 is 0 Å². The molecule has 0 radical (unpaired) electrons. The third kappa shape index (κ3) is 2.82. The molecule has 0 bridgehead atoms. The number of nitrogens with zero attached hydrogens (tertiary/aromatic N) is 1.